The number of ether oxygens (including phenoxy) is 1. The molecule has 1 aromatic heterocycles. The summed E-state index contributed by atoms with van der Waals surface area (Å²) >= 11 is 1.46. The van der Waals surface area contributed by atoms with Crippen LogP contribution in [0.2, 0.25) is 0 Å². The van der Waals surface area contributed by atoms with Crippen molar-refractivity contribution in [1.29, 1.82) is 0 Å². The van der Waals surface area contributed by atoms with Crippen LogP contribution in [0.5, 0.6) is 5.75 Å². The van der Waals surface area contributed by atoms with E-state index in [2.05, 4.69) is 12.1 Å². The number of carbonyl (C=O) groups is 2. The molecule has 2 amide bonds. The van der Waals surface area contributed by atoms with E-state index in [9.17, 15) is 9.59 Å². The highest BCUT2D eigenvalue weighted by Gasteiger charge is 2.36. The van der Waals surface area contributed by atoms with Gasteiger partial charge in [-0.2, -0.15) is 0 Å². The minimum absolute atomic E-state index is 0.0561. The standard InChI is InChI=1S/C22H26N2O3S/c1-27-18-10-8-16(9-11-18)19-6-3-13-24(19)21(25)17-5-2-12-23(15-17)22(26)20-7-4-14-28-20/h4,7-11,14,17,19H,2-3,5-6,12-13,15H2,1H3/t17-,19-/m0/s1. The van der Waals surface area contributed by atoms with Crippen LogP contribution < -0.4 is 4.74 Å². The lowest BCUT2D eigenvalue weighted by atomic mass is 9.95. The third-order valence-corrected chi connectivity index (χ3v) is 6.68. The largest absolute Gasteiger partial charge is 0.497 e. The average molecular weight is 399 g/mol. The first-order chi connectivity index (χ1) is 13.7. The SMILES string of the molecule is COc1ccc([C@@H]2CCCN2C(=O)[C@H]2CCCN(C(=O)c3cccs3)C2)cc1. The number of hydrogen-bond acceptors (Lipinski definition) is 4. The molecule has 6 heteroatoms. The molecular weight excluding hydrogens is 372 g/mol. The summed E-state index contributed by atoms with van der Waals surface area (Å²) in [5.74, 6) is 0.980. The Morgan fingerprint density at radius 3 is 2.57 bits per heavy atom. The zero-order valence-corrected chi connectivity index (χ0v) is 17.0. The second-order valence-electron chi connectivity index (χ2n) is 7.53. The Morgan fingerprint density at radius 2 is 1.86 bits per heavy atom. The Bertz CT molecular complexity index is 819. The van der Waals surface area contributed by atoms with E-state index in [0.717, 1.165) is 55.0 Å². The molecule has 0 aliphatic carbocycles. The lowest BCUT2D eigenvalue weighted by molar-refractivity contribution is -0.137. The summed E-state index contributed by atoms with van der Waals surface area (Å²) in [5.41, 5.74) is 1.16. The predicted molar refractivity (Wildman–Crippen MR) is 110 cm³/mol. The number of likely N-dealkylation sites (tertiary alicyclic amines) is 2. The topological polar surface area (TPSA) is 49.9 Å². The van der Waals surface area contributed by atoms with Crippen molar-refractivity contribution in [2.75, 3.05) is 26.7 Å². The number of hydrogen-bond donors (Lipinski definition) is 0. The number of rotatable bonds is 4. The highest BCUT2D eigenvalue weighted by molar-refractivity contribution is 7.12. The van der Waals surface area contributed by atoms with Crippen molar-refractivity contribution < 1.29 is 14.3 Å². The van der Waals surface area contributed by atoms with Crippen LogP contribution in [0.1, 0.15) is 47.0 Å². The highest BCUT2D eigenvalue weighted by Crippen LogP contribution is 2.35. The maximum absolute atomic E-state index is 13.3. The van der Waals surface area contributed by atoms with Crippen molar-refractivity contribution in [1.82, 2.24) is 9.80 Å². The summed E-state index contributed by atoms with van der Waals surface area (Å²) in [5, 5.41) is 1.92. The lowest BCUT2D eigenvalue weighted by Crippen LogP contribution is -2.46. The lowest BCUT2D eigenvalue weighted by Gasteiger charge is -2.35. The third-order valence-electron chi connectivity index (χ3n) is 5.83. The molecule has 0 saturated carbocycles. The van der Waals surface area contributed by atoms with E-state index >= 15 is 0 Å². The van der Waals surface area contributed by atoms with Gasteiger partial charge in [0.25, 0.3) is 5.91 Å². The Kier molecular flexibility index (Phi) is 5.67. The van der Waals surface area contributed by atoms with Crippen LogP contribution in [-0.4, -0.2) is 48.4 Å². The summed E-state index contributed by atoms with van der Waals surface area (Å²) in [4.78, 5) is 30.7. The van der Waals surface area contributed by atoms with Crippen LogP contribution in [-0.2, 0) is 4.79 Å². The number of nitrogens with zero attached hydrogens (tertiary/aromatic N) is 2. The van der Waals surface area contributed by atoms with Gasteiger partial charge >= 0.3 is 0 Å². The van der Waals surface area contributed by atoms with Gasteiger partial charge in [0.1, 0.15) is 5.75 Å². The quantitative estimate of drug-likeness (QED) is 0.783. The zero-order valence-electron chi connectivity index (χ0n) is 16.2. The first-order valence-corrected chi connectivity index (χ1v) is 10.8. The molecule has 0 radical (unpaired) electrons. The van der Waals surface area contributed by atoms with Crippen LogP contribution in [0.25, 0.3) is 0 Å². The molecule has 2 saturated heterocycles. The van der Waals surface area contributed by atoms with E-state index in [1.165, 1.54) is 11.3 Å². The summed E-state index contributed by atoms with van der Waals surface area (Å²) < 4.78 is 5.25. The maximum Gasteiger partial charge on any atom is 0.263 e. The van der Waals surface area contributed by atoms with Crippen molar-refractivity contribution in [2.24, 2.45) is 5.92 Å². The van der Waals surface area contributed by atoms with Gasteiger partial charge in [0.2, 0.25) is 5.91 Å². The van der Waals surface area contributed by atoms with Crippen molar-refractivity contribution in [3.05, 3.63) is 52.2 Å². The molecule has 3 heterocycles. The Balaban J connectivity index is 1.45. The first-order valence-electron chi connectivity index (χ1n) is 9.94. The molecule has 1 aromatic carbocycles. The summed E-state index contributed by atoms with van der Waals surface area (Å²) in [7, 11) is 1.66. The van der Waals surface area contributed by atoms with Gasteiger partial charge in [0, 0.05) is 19.6 Å². The van der Waals surface area contributed by atoms with E-state index in [0.29, 0.717) is 6.54 Å². The fourth-order valence-electron chi connectivity index (χ4n) is 4.36. The van der Waals surface area contributed by atoms with Crippen LogP contribution in [0.3, 0.4) is 0 Å². The molecule has 0 N–H and O–H groups in total. The van der Waals surface area contributed by atoms with Crippen LogP contribution >= 0.6 is 11.3 Å². The van der Waals surface area contributed by atoms with Gasteiger partial charge in [-0.3, -0.25) is 9.59 Å². The van der Waals surface area contributed by atoms with Gasteiger partial charge in [-0.05, 0) is 54.8 Å². The molecule has 0 spiro atoms. The summed E-state index contributed by atoms with van der Waals surface area (Å²) in [6.45, 7) is 2.06. The van der Waals surface area contributed by atoms with E-state index in [-0.39, 0.29) is 23.8 Å². The van der Waals surface area contributed by atoms with Crippen molar-refractivity contribution >= 4 is 23.2 Å². The van der Waals surface area contributed by atoms with Gasteiger partial charge < -0.3 is 14.5 Å². The second kappa shape index (κ2) is 8.35. The Hall–Kier alpha value is -2.34. The van der Waals surface area contributed by atoms with Gasteiger partial charge in [0.05, 0.1) is 23.9 Å². The molecular formula is C22H26N2O3S. The Morgan fingerprint density at radius 1 is 1.07 bits per heavy atom. The molecule has 0 unspecified atom stereocenters. The van der Waals surface area contributed by atoms with Gasteiger partial charge in [-0.15, -0.1) is 11.3 Å². The first kappa shape index (κ1) is 19.0. The molecule has 5 nitrogen and oxygen atoms in total. The van der Waals surface area contributed by atoms with E-state index < -0.39 is 0 Å². The van der Waals surface area contributed by atoms with Crippen LogP contribution in [0.4, 0.5) is 0 Å². The van der Waals surface area contributed by atoms with Gasteiger partial charge in [-0.25, -0.2) is 0 Å². The van der Waals surface area contributed by atoms with E-state index in [1.54, 1.807) is 7.11 Å². The smallest absolute Gasteiger partial charge is 0.263 e. The van der Waals surface area contributed by atoms with Crippen LogP contribution in [0.15, 0.2) is 41.8 Å². The molecule has 148 valence electrons. The monoisotopic (exact) mass is 398 g/mol. The van der Waals surface area contributed by atoms with Crippen molar-refractivity contribution in [2.45, 2.75) is 31.7 Å². The van der Waals surface area contributed by atoms with Crippen molar-refractivity contribution in [3.8, 4) is 5.75 Å². The fourth-order valence-corrected chi connectivity index (χ4v) is 5.05. The van der Waals surface area contributed by atoms with Crippen LogP contribution in [0, 0.1) is 5.92 Å². The minimum atomic E-state index is -0.100. The summed E-state index contributed by atoms with van der Waals surface area (Å²) in [6.07, 6.45) is 3.75. The van der Waals surface area contributed by atoms with E-state index in [1.807, 2.05) is 39.4 Å². The number of amides is 2. The predicted octanol–water partition coefficient (Wildman–Crippen LogP) is 3.97. The van der Waals surface area contributed by atoms with Gasteiger partial charge in [0.15, 0.2) is 0 Å². The number of piperidine rings is 1. The summed E-state index contributed by atoms with van der Waals surface area (Å²) in [6, 6.07) is 11.9. The minimum Gasteiger partial charge on any atom is -0.497 e. The van der Waals surface area contributed by atoms with E-state index in [4.69, 9.17) is 4.74 Å². The number of carbonyl (C=O) groups excluding carboxylic acids is 2. The molecule has 2 aromatic rings. The highest BCUT2D eigenvalue weighted by atomic mass is 32.1. The Labute approximate surface area is 169 Å². The normalized spacial score (nSPS) is 22.3. The number of methoxy groups -OCH3 is 1. The molecule has 2 atom stereocenters. The third kappa shape index (κ3) is 3.78. The number of thiophene rings is 1. The molecule has 2 fully saturated rings. The molecule has 0 bridgehead atoms. The van der Waals surface area contributed by atoms with Crippen molar-refractivity contribution in [3.63, 3.8) is 0 Å². The van der Waals surface area contributed by atoms with Gasteiger partial charge in [-0.1, -0.05) is 18.2 Å². The maximum atomic E-state index is 13.3. The molecule has 4 rings (SSSR count). The fraction of sp³-hybridized carbons (Fsp3) is 0.455. The molecule has 28 heavy (non-hydrogen) atoms. The molecule has 2 aliphatic heterocycles. The number of benzene rings is 1. The average Bonchev–Trinajstić information content (AvgIpc) is 3.45. The second-order valence-corrected chi connectivity index (χ2v) is 8.48. The molecule has 2 aliphatic rings. The zero-order chi connectivity index (χ0) is 19.5.